The van der Waals surface area contributed by atoms with Gasteiger partial charge < -0.3 is 4.42 Å². The number of halogens is 1. The fraction of sp³-hybridized carbons (Fsp3) is 0. The zero-order chi connectivity index (χ0) is 16.0. The fourth-order valence-corrected chi connectivity index (χ4v) is 2.87. The van der Waals surface area contributed by atoms with Gasteiger partial charge in [0.25, 0.3) is 5.91 Å². The van der Waals surface area contributed by atoms with Crippen LogP contribution in [-0.2, 0) is 0 Å². The standard InChI is InChI=1S/C17H9BrN2O3/c18-11-5-6-15-10(7-11)8-12(17(22)23-15)16(21)20-9-19-13-3-1-2-4-14(13)20/h1-9H. The third-order valence-corrected chi connectivity index (χ3v) is 4.09. The summed E-state index contributed by atoms with van der Waals surface area (Å²) < 4.78 is 7.44. The molecule has 0 bridgehead atoms. The maximum Gasteiger partial charge on any atom is 0.349 e. The Labute approximate surface area is 138 Å². The number of rotatable bonds is 1. The number of carbonyl (C=O) groups is 1. The van der Waals surface area contributed by atoms with Gasteiger partial charge in [0.15, 0.2) is 0 Å². The molecule has 0 amide bonds. The van der Waals surface area contributed by atoms with Crippen molar-refractivity contribution in [2.75, 3.05) is 0 Å². The van der Waals surface area contributed by atoms with Crippen molar-refractivity contribution < 1.29 is 9.21 Å². The van der Waals surface area contributed by atoms with Crippen molar-refractivity contribution in [3.63, 3.8) is 0 Å². The van der Waals surface area contributed by atoms with Crippen molar-refractivity contribution in [3.05, 3.63) is 75.3 Å². The van der Waals surface area contributed by atoms with Crippen molar-refractivity contribution in [2.24, 2.45) is 0 Å². The Morgan fingerprint density at radius 1 is 1.13 bits per heavy atom. The summed E-state index contributed by atoms with van der Waals surface area (Å²) in [5.41, 5.74) is 1.08. The van der Waals surface area contributed by atoms with Crippen LogP contribution in [0.25, 0.3) is 22.0 Å². The van der Waals surface area contributed by atoms with Gasteiger partial charge in [-0.05, 0) is 36.4 Å². The van der Waals surface area contributed by atoms with E-state index in [1.807, 2.05) is 12.1 Å². The molecule has 0 aliphatic heterocycles. The first kappa shape index (κ1) is 13.9. The molecule has 0 radical (unpaired) electrons. The number of hydrogen-bond acceptors (Lipinski definition) is 4. The molecule has 2 aromatic carbocycles. The van der Waals surface area contributed by atoms with Crippen molar-refractivity contribution >= 4 is 43.8 Å². The van der Waals surface area contributed by atoms with E-state index >= 15 is 0 Å². The summed E-state index contributed by atoms with van der Waals surface area (Å²) in [6, 6.07) is 14.0. The summed E-state index contributed by atoms with van der Waals surface area (Å²) in [6.07, 6.45) is 1.41. The molecule has 0 atom stereocenters. The zero-order valence-corrected chi connectivity index (χ0v) is 13.3. The first-order valence-corrected chi connectivity index (χ1v) is 7.63. The second kappa shape index (κ2) is 5.17. The van der Waals surface area contributed by atoms with Crippen LogP contribution in [0.3, 0.4) is 0 Å². The maximum atomic E-state index is 12.7. The third-order valence-electron chi connectivity index (χ3n) is 3.60. The fourth-order valence-electron chi connectivity index (χ4n) is 2.49. The van der Waals surface area contributed by atoms with E-state index in [0.29, 0.717) is 22.0 Å². The maximum absolute atomic E-state index is 12.7. The van der Waals surface area contributed by atoms with Crippen molar-refractivity contribution in [1.82, 2.24) is 9.55 Å². The van der Waals surface area contributed by atoms with E-state index in [4.69, 9.17) is 4.42 Å². The van der Waals surface area contributed by atoms with Crippen LogP contribution < -0.4 is 5.63 Å². The van der Waals surface area contributed by atoms with E-state index in [9.17, 15) is 9.59 Å². The van der Waals surface area contributed by atoms with E-state index in [0.717, 1.165) is 4.47 Å². The van der Waals surface area contributed by atoms with Crippen LogP contribution in [0, 0.1) is 0 Å². The smallest absolute Gasteiger partial charge is 0.349 e. The van der Waals surface area contributed by atoms with Crippen molar-refractivity contribution in [2.45, 2.75) is 0 Å². The van der Waals surface area contributed by atoms with E-state index in [1.165, 1.54) is 10.9 Å². The minimum Gasteiger partial charge on any atom is -0.422 e. The summed E-state index contributed by atoms with van der Waals surface area (Å²) in [5.74, 6) is -0.464. The predicted octanol–water partition coefficient (Wildman–Crippen LogP) is 3.59. The molecule has 4 rings (SSSR count). The quantitative estimate of drug-likeness (QED) is 0.481. The number of imidazole rings is 1. The highest BCUT2D eigenvalue weighted by Gasteiger charge is 2.17. The molecule has 2 heterocycles. The highest BCUT2D eigenvalue weighted by molar-refractivity contribution is 9.10. The number of para-hydroxylation sites is 2. The van der Waals surface area contributed by atoms with Gasteiger partial charge in [-0.25, -0.2) is 9.78 Å². The Morgan fingerprint density at radius 3 is 2.83 bits per heavy atom. The lowest BCUT2D eigenvalue weighted by Crippen LogP contribution is -2.19. The summed E-state index contributed by atoms with van der Waals surface area (Å²) in [4.78, 5) is 29.1. The Hall–Kier alpha value is -2.73. The zero-order valence-electron chi connectivity index (χ0n) is 11.7. The lowest BCUT2D eigenvalue weighted by atomic mass is 10.2. The molecule has 0 aliphatic carbocycles. The van der Waals surface area contributed by atoms with Crippen LogP contribution in [-0.4, -0.2) is 15.5 Å². The molecule has 112 valence electrons. The Bertz CT molecular complexity index is 1130. The third kappa shape index (κ3) is 2.27. The Balaban J connectivity index is 1.92. The largest absolute Gasteiger partial charge is 0.422 e. The van der Waals surface area contributed by atoms with E-state index in [1.54, 1.807) is 36.4 Å². The summed E-state index contributed by atoms with van der Waals surface area (Å²) in [6.45, 7) is 0. The molecule has 0 spiro atoms. The van der Waals surface area contributed by atoms with Gasteiger partial charge in [-0.3, -0.25) is 9.36 Å². The van der Waals surface area contributed by atoms with Crippen LogP contribution in [0.2, 0.25) is 0 Å². The molecular weight excluding hydrogens is 360 g/mol. The number of benzene rings is 2. The molecule has 23 heavy (non-hydrogen) atoms. The van der Waals surface area contributed by atoms with Gasteiger partial charge >= 0.3 is 5.63 Å². The van der Waals surface area contributed by atoms with Crippen LogP contribution in [0.5, 0.6) is 0 Å². The Kier molecular flexibility index (Phi) is 3.12. The van der Waals surface area contributed by atoms with Crippen LogP contribution in [0.4, 0.5) is 0 Å². The average molecular weight is 369 g/mol. The highest BCUT2D eigenvalue weighted by Crippen LogP contribution is 2.20. The molecule has 0 saturated heterocycles. The molecule has 0 saturated carbocycles. The monoisotopic (exact) mass is 368 g/mol. The predicted molar refractivity (Wildman–Crippen MR) is 89.6 cm³/mol. The molecule has 0 fully saturated rings. The van der Waals surface area contributed by atoms with Gasteiger partial charge in [-0.2, -0.15) is 0 Å². The van der Waals surface area contributed by atoms with E-state index in [-0.39, 0.29) is 5.56 Å². The molecule has 2 aromatic heterocycles. The molecule has 6 heteroatoms. The normalized spacial score (nSPS) is 11.2. The number of fused-ring (bicyclic) bond motifs is 2. The van der Waals surface area contributed by atoms with Crippen LogP contribution >= 0.6 is 15.9 Å². The second-order valence-electron chi connectivity index (χ2n) is 5.04. The van der Waals surface area contributed by atoms with Gasteiger partial charge in [0.2, 0.25) is 0 Å². The van der Waals surface area contributed by atoms with Crippen LogP contribution in [0.15, 0.2) is 68.5 Å². The van der Waals surface area contributed by atoms with Gasteiger partial charge in [0.05, 0.1) is 11.0 Å². The van der Waals surface area contributed by atoms with Gasteiger partial charge in [0, 0.05) is 9.86 Å². The average Bonchev–Trinajstić information content (AvgIpc) is 2.98. The summed E-state index contributed by atoms with van der Waals surface area (Å²) in [7, 11) is 0. The van der Waals surface area contributed by atoms with E-state index in [2.05, 4.69) is 20.9 Å². The molecule has 0 N–H and O–H groups in total. The SMILES string of the molecule is O=C(c1cc2cc(Br)ccc2oc1=O)n1cnc2ccccc21. The molecular formula is C17H9BrN2O3. The number of aromatic nitrogens is 2. The first-order chi connectivity index (χ1) is 11.1. The minimum atomic E-state index is -0.664. The Morgan fingerprint density at radius 2 is 1.96 bits per heavy atom. The van der Waals surface area contributed by atoms with Crippen molar-refractivity contribution in [3.8, 4) is 0 Å². The summed E-state index contributed by atoms with van der Waals surface area (Å²) in [5, 5.41) is 0.673. The number of nitrogens with zero attached hydrogens (tertiary/aromatic N) is 2. The lowest BCUT2D eigenvalue weighted by Gasteiger charge is -2.04. The van der Waals surface area contributed by atoms with Gasteiger partial charge in [0.1, 0.15) is 17.5 Å². The molecule has 0 aliphatic rings. The van der Waals surface area contributed by atoms with Crippen molar-refractivity contribution in [1.29, 1.82) is 0 Å². The number of carbonyl (C=O) groups excluding carboxylic acids is 1. The highest BCUT2D eigenvalue weighted by atomic mass is 79.9. The van der Waals surface area contributed by atoms with E-state index < -0.39 is 11.5 Å². The first-order valence-electron chi connectivity index (χ1n) is 6.84. The van der Waals surface area contributed by atoms with Gasteiger partial charge in [-0.15, -0.1) is 0 Å². The number of hydrogen-bond donors (Lipinski definition) is 0. The van der Waals surface area contributed by atoms with Gasteiger partial charge in [-0.1, -0.05) is 28.1 Å². The second-order valence-corrected chi connectivity index (χ2v) is 5.95. The summed E-state index contributed by atoms with van der Waals surface area (Å²) >= 11 is 3.36. The molecule has 5 nitrogen and oxygen atoms in total. The minimum absolute atomic E-state index is 0.0289. The topological polar surface area (TPSA) is 65.1 Å². The lowest BCUT2D eigenvalue weighted by molar-refractivity contribution is 0.0961. The molecule has 0 unspecified atom stereocenters. The van der Waals surface area contributed by atoms with Crippen LogP contribution in [0.1, 0.15) is 10.4 Å². The molecule has 4 aromatic rings.